The Bertz CT molecular complexity index is 763. The monoisotopic (exact) mass is 322 g/mol. The highest BCUT2D eigenvalue weighted by atomic mass is 32.2. The fraction of sp³-hybridized carbons (Fsp3) is 0.214. The highest BCUT2D eigenvalue weighted by Crippen LogP contribution is 2.48. The molecule has 0 unspecified atom stereocenters. The molecule has 3 heterocycles. The number of fused-ring (bicyclic) bond motifs is 2. The van der Waals surface area contributed by atoms with Crippen LogP contribution < -0.4 is 0 Å². The first-order valence-electron chi connectivity index (χ1n) is 6.24. The molecule has 1 aromatic heterocycles. The van der Waals surface area contributed by atoms with E-state index in [-0.39, 0.29) is 5.82 Å². The number of nitrogens with zero attached hydrogens (tertiary/aromatic N) is 2. The Hall–Kier alpha value is -0.980. The van der Waals surface area contributed by atoms with Crippen molar-refractivity contribution in [2.75, 3.05) is 19.3 Å². The Morgan fingerprint density at radius 1 is 1.40 bits per heavy atom. The first-order valence-corrected chi connectivity index (χ1v) is 9.10. The predicted octanol–water partition coefficient (Wildman–Crippen LogP) is 4.45. The predicted molar refractivity (Wildman–Crippen MR) is 88.8 cm³/mol. The van der Waals surface area contributed by atoms with Gasteiger partial charge in [-0.25, -0.2) is 4.39 Å². The summed E-state index contributed by atoms with van der Waals surface area (Å²) in [5, 5.41) is 1.80. The third-order valence-electron chi connectivity index (χ3n) is 3.38. The van der Waals surface area contributed by atoms with Crippen molar-refractivity contribution in [1.29, 1.82) is 0 Å². The van der Waals surface area contributed by atoms with Gasteiger partial charge >= 0.3 is 0 Å². The number of benzene rings is 1. The van der Waals surface area contributed by atoms with Crippen LogP contribution in [-0.4, -0.2) is 29.4 Å². The Balaban J connectivity index is 1.89. The molecule has 0 spiro atoms. The van der Waals surface area contributed by atoms with E-state index in [9.17, 15) is 4.39 Å². The van der Waals surface area contributed by atoms with Crippen LogP contribution in [0.5, 0.6) is 0 Å². The third-order valence-corrected chi connectivity index (χ3v) is 6.71. The van der Waals surface area contributed by atoms with Crippen LogP contribution in [0.25, 0.3) is 15.8 Å². The van der Waals surface area contributed by atoms with Crippen LogP contribution in [0.4, 0.5) is 4.39 Å². The molecule has 0 saturated carbocycles. The molecule has 6 heteroatoms. The van der Waals surface area contributed by atoms with Crippen molar-refractivity contribution < 1.29 is 4.39 Å². The van der Waals surface area contributed by atoms with Crippen molar-refractivity contribution in [3.63, 3.8) is 0 Å². The van der Waals surface area contributed by atoms with Gasteiger partial charge in [0.15, 0.2) is 5.17 Å². The minimum absolute atomic E-state index is 0.141. The van der Waals surface area contributed by atoms with Crippen LogP contribution in [0.2, 0.25) is 0 Å². The summed E-state index contributed by atoms with van der Waals surface area (Å²) in [5.74, 6) is -0.141. The average molecular weight is 322 g/mol. The zero-order valence-corrected chi connectivity index (χ0v) is 13.2. The molecule has 20 heavy (non-hydrogen) atoms. The zero-order chi connectivity index (χ0) is 13.7. The van der Waals surface area contributed by atoms with Gasteiger partial charge in [-0.05, 0) is 36.2 Å². The Morgan fingerprint density at radius 3 is 3.10 bits per heavy atom. The van der Waals surface area contributed by atoms with Crippen molar-refractivity contribution in [3.8, 4) is 0 Å². The minimum atomic E-state index is -0.141. The summed E-state index contributed by atoms with van der Waals surface area (Å²) >= 11 is 5.12. The standard InChI is InChI=1S/C14H11FN2S3/c1-18-13-12(17-6-5-16-14(17)20-13)11-7-8-9(15)3-2-4-10(8)19-11/h2-4,7H,5-6H2,1H3. The average Bonchev–Trinajstić information content (AvgIpc) is 3.10. The van der Waals surface area contributed by atoms with Gasteiger partial charge < -0.3 is 4.90 Å². The van der Waals surface area contributed by atoms with Crippen molar-refractivity contribution in [2.45, 2.75) is 0 Å². The van der Waals surface area contributed by atoms with E-state index in [0.717, 1.165) is 33.2 Å². The summed E-state index contributed by atoms with van der Waals surface area (Å²) in [5.41, 5.74) is 1.21. The Kier molecular flexibility index (Phi) is 3.05. The molecular formula is C14H11FN2S3. The lowest BCUT2D eigenvalue weighted by Crippen LogP contribution is -2.19. The molecule has 2 aliphatic rings. The van der Waals surface area contributed by atoms with Gasteiger partial charge in [0, 0.05) is 16.6 Å². The quantitative estimate of drug-likeness (QED) is 0.812. The van der Waals surface area contributed by atoms with Crippen LogP contribution in [-0.2, 0) is 0 Å². The molecule has 0 N–H and O–H groups in total. The summed E-state index contributed by atoms with van der Waals surface area (Å²) in [6, 6.07) is 7.25. The Morgan fingerprint density at radius 2 is 2.30 bits per heavy atom. The van der Waals surface area contributed by atoms with Gasteiger partial charge in [0.05, 0.1) is 21.4 Å². The molecule has 0 saturated heterocycles. The maximum atomic E-state index is 13.9. The highest BCUT2D eigenvalue weighted by Gasteiger charge is 2.33. The molecule has 0 amide bonds. The van der Waals surface area contributed by atoms with E-state index in [4.69, 9.17) is 0 Å². The number of halogens is 1. The van der Waals surface area contributed by atoms with Gasteiger partial charge in [0.1, 0.15) is 5.82 Å². The number of amidine groups is 1. The second-order valence-corrected chi connectivity index (χ2v) is 7.66. The van der Waals surface area contributed by atoms with Crippen LogP contribution >= 0.6 is 34.9 Å². The van der Waals surface area contributed by atoms with Crippen molar-refractivity contribution in [1.82, 2.24) is 4.90 Å². The summed E-state index contributed by atoms with van der Waals surface area (Å²) in [4.78, 5) is 7.92. The van der Waals surface area contributed by atoms with Crippen molar-refractivity contribution in [2.24, 2.45) is 4.99 Å². The Labute approximate surface area is 128 Å². The molecule has 0 fully saturated rings. The van der Waals surface area contributed by atoms with Gasteiger partial charge in [0.25, 0.3) is 0 Å². The van der Waals surface area contributed by atoms with E-state index in [1.165, 1.54) is 16.0 Å². The van der Waals surface area contributed by atoms with Crippen LogP contribution in [0.15, 0.2) is 33.5 Å². The summed E-state index contributed by atoms with van der Waals surface area (Å²) in [6.45, 7) is 1.78. The number of aliphatic imine (C=N–C) groups is 1. The van der Waals surface area contributed by atoms with Crippen LogP contribution in [0, 0.1) is 5.82 Å². The molecule has 1 aromatic carbocycles. The molecule has 4 rings (SSSR count). The van der Waals surface area contributed by atoms with Gasteiger partial charge in [-0.1, -0.05) is 6.07 Å². The van der Waals surface area contributed by atoms with Crippen LogP contribution in [0.3, 0.4) is 0 Å². The topological polar surface area (TPSA) is 15.6 Å². The number of thioether (sulfide) groups is 2. The zero-order valence-electron chi connectivity index (χ0n) is 10.7. The maximum absolute atomic E-state index is 13.9. The van der Waals surface area contributed by atoms with E-state index in [0.29, 0.717) is 0 Å². The lowest BCUT2D eigenvalue weighted by molar-refractivity contribution is 0.640. The largest absolute Gasteiger partial charge is 0.316 e. The minimum Gasteiger partial charge on any atom is -0.316 e. The van der Waals surface area contributed by atoms with Crippen molar-refractivity contribution >= 4 is 55.8 Å². The molecular weight excluding hydrogens is 311 g/mol. The highest BCUT2D eigenvalue weighted by molar-refractivity contribution is 8.30. The molecule has 0 atom stereocenters. The van der Waals surface area contributed by atoms with E-state index in [1.807, 2.05) is 12.1 Å². The van der Waals surface area contributed by atoms with Crippen LogP contribution in [0.1, 0.15) is 4.88 Å². The molecule has 2 aliphatic heterocycles. The number of hydrogen-bond acceptors (Lipinski definition) is 5. The molecule has 0 bridgehead atoms. The fourth-order valence-electron chi connectivity index (χ4n) is 2.48. The fourth-order valence-corrected chi connectivity index (χ4v) is 5.64. The van der Waals surface area contributed by atoms with Gasteiger partial charge in [-0.15, -0.1) is 23.1 Å². The number of thiophene rings is 1. The van der Waals surface area contributed by atoms with Gasteiger partial charge in [-0.3, -0.25) is 4.99 Å². The summed E-state index contributed by atoms with van der Waals surface area (Å²) in [7, 11) is 0. The second kappa shape index (κ2) is 4.79. The second-order valence-electron chi connectivity index (χ2n) is 4.52. The molecule has 2 nitrogen and oxygen atoms in total. The molecule has 2 aromatic rings. The molecule has 0 aliphatic carbocycles. The smallest absolute Gasteiger partial charge is 0.169 e. The summed E-state index contributed by atoms with van der Waals surface area (Å²) in [6.07, 6.45) is 2.08. The molecule has 102 valence electrons. The van der Waals surface area contributed by atoms with E-state index in [1.54, 1.807) is 40.9 Å². The lowest BCUT2D eigenvalue weighted by Gasteiger charge is -2.15. The van der Waals surface area contributed by atoms with E-state index < -0.39 is 0 Å². The maximum Gasteiger partial charge on any atom is 0.169 e. The number of hydrogen-bond donors (Lipinski definition) is 0. The van der Waals surface area contributed by atoms with E-state index >= 15 is 0 Å². The van der Waals surface area contributed by atoms with Crippen molar-refractivity contribution in [3.05, 3.63) is 39.2 Å². The lowest BCUT2D eigenvalue weighted by atomic mass is 10.2. The summed E-state index contributed by atoms with van der Waals surface area (Å²) < 4.78 is 16.1. The number of rotatable bonds is 2. The SMILES string of the molecule is CSC1=C(c2cc3c(F)cccc3s2)N2CCN=C2S1. The third kappa shape index (κ3) is 1.82. The normalized spacial score (nSPS) is 18.1. The first-order chi connectivity index (χ1) is 9.78. The molecule has 0 radical (unpaired) electrons. The van der Waals surface area contributed by atoms with Gasteiger partial charge in [0.2, 0.25) is 0 Å². The van der Waals surface area contributed by atoms with Gasteiger partial charge in [-0.2, -0.15) is 0 Å². The first kappa shape index (κ1) is 12.7. The van der Waals surface area contributed by atoms with E-state index in [2.05, 4.69) is 16.1 Å².